The average Bonchev–Trinajstić information content (AvgIpc) is 3.26. The van der Waals surface area contributed by atoms with E-state index in [0.29, 0.717) is 6.42 Å². The third-order valence-corrected chi connectivity index (χ3v) is 11.2. The van der Waals surface area contributed by atoms with Gasteiger partial charge in [0.25, 0.3) is 0 Å². The van der Waals surface area contributed by atoms with Gasteiger partial charge in [-0.05, 0) is 70.6 Å². The molecule has 1 aliphatic rings. The van der Waals surface area contributed by atoms with Gasteiger partial charge in [0, 0.05) is 12.8 Å². The van der Waals surface area contributed by atoms with Crippen LogP contribution in [0, 0.1) is 0 Å². The summed E-state index contributed by atoms with van der Waals surface area (Å²) < 4.78 is 22.2. The van der Waals surface area contributed by atoms with Crippen LogP contribution in [0.2, 0.25) is 0 Å². The SMILES string of the molecule is CC/C=C/C/C=C/C/C=C/CCCCCCCC(=O)O[C@@H](COC(=O)CCCCCCCCCCCCC/C=C/CCCCCCCC)CO[C@H]1O[C@@H](CO)[C@@H](O)C(O)C1O. The summed E-state index contributed by atoms with van der Waals surface area (Å²) in [5.74, 6) is -0.824. The monoisotopic (exact) mass is 863 g/mol. The van der Waals surface area contributed by atoms with Crippen molar-refractivity contribution >= 4 is 11.9 Å². The van der Waals surface area contributed by atoms with Crippen molar-refractivity contribution < 1.29 is 49.0 Å². The largest absolute Gasteiger partial charge is 0.462 e. The number of allylic oxidation sites excluding steroid dienone is 8. The van der Waals surface area contributed by atoms with Gasteiger partial charge in [0.05, 0.1) is 13.2 Å². The van der Waals surface area contributed by atoms with Crippen LogP contribution in [0.1, 0.15) is 206 Å². The van der Waals surface area contributed by atoms with Crippen LogP contribution >= 0.6 is 0 Å². The third kappa shape index (κ3) is 32.9. The van der Waals surface area contributed by atoms with E-state index < -0.39 is 49.4 Å². The lowest BCUT2D eigenvalue weighted by Gasteiger charge is -2.39. The number of esters is 2. The zero-order valence-electron chi connectivity index (χ0n) is 38.7. The molecule has 0 aromatic carbocycles. The Morgan fingerprint density at radius 2 is 0.967 bits per heavy atom. The van der Waals surface area contributed by atoms with Gasteiger partial charge >= 0.3 is 11.9 Å². The lowest BCUT2D eigenvalue weighted by molar-refractivity contribution is -0.305. The molecule has 354 valence electrons. The van der Waals surface area contributed by atoms with Crippen molar-refractivity contribution in [2.24, 2.45) is 0 Å². The lowest BCUT2D eigenvalue weighted by Crippen LogP contribution is -2.59. The number of carbonyl (C=O) groups excluding carboxylic acids is 2. The fraction of sp³-hybridized carbons (Fsp3) is 0.804. The lowest BCUT2D eigenvalue weighted by atomic mass is 9.99. The highest BCUT2D eigenvalue weighted by atomic mass is 16.7. The molecular formula is C51H90O10. The smallest absolute Gasteiger partial charge is 0.306 e. The van der Waals surface area contributed by atoms with Gasteiger partial charge in [-0.15, -0.1) is 0 Å². The van der Waals surface area contributed by atoms with Crippen molar-refractivity contribution in [3.63, 3.8) is 0 Å². The maximum atomic E-state index is 12.8. The molecule has 10 nitrogen and oxygen atoms in total. The third-order valence-electron chi connectivity index (χ3n) is 11.2. The number of hydrogen-bond acceptors (Lipinski definition) is 10. The molecule has 10 heteroatoms. The van der Waals surface area contributed by atoms with Crippen molar-refractivity contribution in [3.05, 3.63) is 48.6 Å². The standard InChI is InChI=1S/C51H90O10/c1-3-5-7-9-11-13-15-17-19-20-21-22-23-24-26-27-29-31-33-35-37-39-46(53)58-42-44(43-59-51-50(57)49(56)48(55)45(41-52)61-51)60-47(54)40-38-36-34-32-30-28-25-18-16-14-12-10-8-6-4-2/h6,8,12,14,17-19,25,44-45,48-52,55-57H,3-5,7,9-11,13,15-16,20-24,26-43H2,1-2H3/b8-6+,14-12+,19-17+,25-18+/t44-,45-,48+,49?,50?,51-/m0/s1. The average molecular weight is 863 g/mol. The molecule has 1 saturated heterocycles. The molecule has 1 fully saturated rings. The van der Waals surface area contributed by atoms with Gasteiger partial charge in [-0.1, -0.05) is 172 Å². The minimum Gasteiger partial charge on any atom is -0.462 e. The van der Waals surface area contributed by atoms with Crippen molar-refractivity contribution in [2.75, 3.05) is 19.8 Å². The van der Waals surface area contributed by atoms with Gasteiger partial charge in [-0.2, -0.15) is 0 Å². The molecule has 2 unspecified atom stereocenters. The number of aliphatic hydroxyl groups excluding tert-OH is 4. The highest BCUT2D eigenvalue weighted by Gasteiger charge is 2.44. The summed E-state index contributed by atoms with van der Waals surface area (Å²) in [5.41, 5.74) is 0. The first-order chi connectivity index (χ1) is 29.8. The highest BCUT2D eigenvalue weighted by molar-refractivity contribution is 5.70. The van der Waals surface area contributed by atoms with Gasteiger partial charge in [0.2, 0.25) is 0 Å². The van der Waals surface area contributed by atoms with Gasteiger partial charge in [0.15, 0.2) is 12.4 Å². The van der Waals surface area contributed by atoms with Crippen LogP contribution in [0.4, 0.5) is 0 Å². The van der Waals surface area contributed by atoms with E-state index in [-0.39, 0.29) is 32.0 Å². The Hall–Kier alpha value is -2.34. The minimum absolute atomic E-state index is 0.210. The first-order valence-corrected chi connectivity index (χ1v) is 24.7. The molecule has 61 heavy (non-hydrogen) atoms. The molecule has 0 aromatic rings. The Balaban J connectivity index is 2.27. The number of aliphatic hydroxyl groups is 4. The van der Waals surface area contributed by atoms with E-state index in [0.717, 1.165) is 70.6 Å². The number of unbranched alkanes of at least 4 members (excludes halogenated alkanes) is 22. The van der Waals surface area contributed by atoms with Crippen LogP contribution in [0.5, 0.6) is 0 Å². The zero-order valence-corrected chi connectivity index (χ0v) is 38.7. The van der Waals surface area contributed by atoms with Gasteiger partial charge < -0.3 is 39.4 Å². The molecule has 0 saturated carbocycles. The number of hydrogen-bond donors (Lipinski definition) is 4. The van der Waals surface area contributed by atoms with Crippen LogP contribution in [0.15, 0.2) is 48.6 Å². The van der Waals surface area contributed by atoms with E-state index in [1.54, 1.807) is 0 Å². The Labute approximate surface area is 371 Å². The molecule has 6 atom stereocenters. The summed E-state index contributed by atoms with van der Waals surface area (Å²) in [5, 5.41) is 40.1. The first kappa shape index (κ1) is 56.7. The summed E-state index contributed by atoms with van der Waals surface area (Å²) in [7, 11) is 0. The van der Waals surface area contributed by atoms with E-state index in [4.69, 9.17) is 18.9 Å². The van der Waals surface area contributed by atoms with E-state index in [2.05, 4.69) is 62.5 Å². The normalized spacial score (nSPS) is 20.1. The van der Waals surface area contributed by atoms with Crippen molar-refractivity contribution in [1.29, 1.82) is 0 Å². The van der Waals surface area contributed by atoms with E-state index in [1.165, 1.54) is 103 Å². The predicted molar refractivity (Wildman–Crippen MR) is 247 cm³/mol. The molecular weight excluding hydrogens is 773 g/mol. The zero-order chi connectivity index (χ0) is 44.4. The second-order valence-corrected chi connectivity index (χ2v) is 16.9. The van der Waals surface area contributed by atoms with Crippen molar-refractivity contribution in [1.82, 2.24) is 0 Å². The van der Waals surface area contributed by atoms with Crippen LogP contribution in [0.25, 0.3) is 0 Å². The van der Waals surface area contributed by atoms with Crippen molar-refractivity contribution in [3.8, 4) is 0 Å². The molecule has 0 bridgehead atoms. The molecule has 0 spiro atoms. The number of carbonyl (C=O) groups is 2. The minimum atomic E-state index is -1.60. The first-order valence-electron chi connectivity index (χ1n) is 24.7. The molecule has 4 N–H and O–H groups in total. The van der Waals surface area contributed by atoms with E-state index in [9.17, 15) is 30.0 Å². The van der Waals surface area contributed by atoms with E-state index >= 15 is 0 Å². The quantitative estimate of drug-likeness (QED) is 0.0265. The summed E-state index contributed by atoms with van der Waals surface area (Å²) in [6.45, 7) is 3.30. The second-order valence-electron chi connectivity index (χ2n) is 16.9. The number of rotatable bonds is 41. The Kier molecular flexibility index (Phi) is 38.7. The van der Waals surface area contributed by atoms with Crippen LogP contribution in [0.3, 0.4) is 0 Å². The Morgan fingerprint density at radius 1 is 0.525 bits per heavy atom. The Bertz CT molecular complexity index is 1130. The van der Waals surface area contributed by atoms with Gasteiger partial charge in [0.1, 0.15) is 31.0 Å². The van der Waals surface area contributed by atoms with Crippen LogP contribution in [-0.2, 0) is 28.5 Å². The molecule has 0 radical (unpaired) electrons. The summed E-state index contributed by atoms with van der Waals surface area (Å²) in [4.78, 5) is 25.4. The summed E-state index contributed by atoms with van der Waals surface area (Å²) >= 11 is 0. The molecule has 1 aliphatic heterocycles. The fourth-order valence-corrected chi connectivity index (χ4v) is 7.32. The topological polar surface area (TPSA) is 152 Å². The van der Waals surface area contributed by atoms with Crippen molar-refractivity contribution in [2.45, 2.75) is 243 Å². The van der Waals surface area contributed by atoms with Gasteiger partial charge in [-0.3, -0.25) is 9.59 Å². The molecule has 0 amide bonds. The molecule has 1 heterocycles. The molecule has 1 rings (SSSR count). The predicted octanol–water partition coefficient (Wildman–Crippen LogP) is 11.2. The summed E-state index contributed by atoms with van der Waals surface area (Å²) in [6.07, 6.45) is 42.6. The Morgan fingerprint density at radius 3 is 1.48 bits per heavy atom. The van der Waals surface area contributed by atoms with Crippen LogP contribution in [-0.4, -0.2) is 89.0 Å². The maximum Gasteiger partial charge on any atom is 0.306 e. The highest BCUT2D eigenvalue weighted by Crippen LogP contribution is 2.23. The summed E-state index contributed by atoms with van der Waals surface area (Å²) in [6, 6.07) is 0. The van der Waals surface area contributed by atoms with E-state index in [1.807, 2.05) is 0 Å². The van der Waals surface area contributed by atoms with Crippen LogP contribution < -0.4 is 0 Å². The maximum absolute atomic E-state index is 12.8. The fourth-order valence-electron chi connectivity index (χ4n) is 7.32. The molecule has 0 aromatic heterocycles. The number of ether oxygens (including phenoxy) is 4. The van der Waals surface area contributed by atoms with Gasteiger partial charge in [-0.25, -0.2) is 0 Å². The second kappa shape index (κ2) is 41.7. The molecule has 0 aliphatic carbocycles.